The number of nitrogens with one attached hydrogen (secondary N) is 1. The molecule has 0 spiro atoms. The lowest BCUT2D eigenvalue weighted by molar-refractivity contribution is -0.0267. The lowest BCUT2D eigenvalue weighted by Crippen LogP contribution is -2.48. The Morgan fingerprint density at radius 3 is 2.96 bits per heavy atom. The first kappa shape index (κ1) is 18.5. The molecule has 2 unspecified atom stereocenters. The predicted molar refractivity (Wildman–Crippen MR) is 110 cm³/mol. The number of hydrogen-bond acceptors (Lipinski definition) is 5. The number of aryl methyl sites for hydroxylation is 1. The Balaban J connectivity index is 1.38. The van der Waals surface area contributed by atoms with Crippen LogP contribution in [0.4, 0.5) is 5.69 Å². The van der Waals surface area contributed by atoms with Crippen molar-refractivity contribution in [3.05, 3.63) is 23.7 Å². The third-order valence-electron chi connectivity index (χ3n) is 6.65. The van der Waals surface area contributed by atoms with Gasteiger partial charge in [-0.3, -0.25) is 0 Å². The van der Waals surface area contributed by atoms with E-state index < -0.39 is 11.0 Å². The van der Waals surface area contributed by atoms with Gasteiger partial charge in [-0.25, -0.2) is 18.4 Å². The number of aromatic nitrogens is 3. The first-order chi connectivity index (χ1) is 13.4. The van der Waals surface area contributed by atoms with E-state index in [1.807, 2.05) is 11.4 Å². The van der Waals surface area contributed by atoms with Gasteiger partial charge in [0, 0.05) is 30.8 Å². The molecule has 0 amide bonds. The van der Waals surface area contributed by atoms with Crippen molar-refractivity contribution in [2.24, 2.45) is 11.3 Å². The summed E-state index contributed by atoms with van der Waals surface area (Å²) in [5.74, 6) is 2.17. The normalized spacial score (nSPS) is 32.8. The van der Waals surface area contributed by atoms with Crippen LogP contribution in [0.5, 0.6) is 0 Å². The SMILES string of the molecule is CCS(=O)NCC12COC(c3nc4c(C)cc(N5CCC(C)C5)cn4n3)(C1)C2. The Kier molecular flexibility index (Phi) is 4.30. The maximum absolute atomic E-state index is 11.7. The van der Waals surface area contributed by atoms with Crippen molar-refractivity contribution in [1.29, 1.82) is 0 Å². The standard InChI is InChI=1S/C20H29N5O2S/c1-4-28(26)21-12-19-10-20(11-19,27-13-19)18-22-17-15(3)7-16(9-25(17)23-18)24-6-5-14(2)8-24/h7,9,14,21H,4-6,8,10-13H2,1-3H3. The molecular formula is C20H29N5O2S. The summed E-state index contributed by atoms with van der Waals surface area (Å²) in [5.41, 5.74) is 3.00. The largest absolute Gasteiger partial charge is 0.370 e. The van der Waals surface area contributed by atoms with E-state index in [1.54, 1.807) is 0 Å². The van der Waals surface area contributed by atoms with Crippen molar-refractivity contribution in [1.82, 2.24) is 19.3 Å². The third-order valence-corrected chi connectivity index (χ3v) is 7.64. The fourth-order valence-electron chi connectivity index (χ4n) is 5.06. The molecule has 0 aromatic carbocycles. The number of rotatable bonds is 6. The summed E-state index contributed by atoms with van der Waals surface area (Å²) in [6, 6.07) is 2.23. The van der Waals surface area contributed by atoms with Crippen molar-refractivity contribution < 1.29 is 8.95 Å². The van der Waals surface area contributed by atoms with E-state index in [1.165, 1.54) is 12.1 Å². The molecule has 8 heteroatoms. The molecule has 3 saturated heterocycles. The molecule has 2 bridgehead atoms. The van der Waals surface area contributed by atoms with Crippen LogP contribution in [0, 0.1) is 18.3 Å². The second-order valence-electron chi connectivity index (χ2n) is 9.02. The van der Waals surface area contributed by atoms with Gasteiger partial charge in [0.05, 0.1) is 29.5 Å². The molecule has 2 atom stereocenters. The highest BCUT2D eigenvalue weighted by Crippen LogP contribution is 2.62. The topological polar surface area (TPSA) is 71.8 Å². The van der Waals surface area contributed by atoms with Crippen LogP contribution < -0.4 is 9.62 Å². The van der Waals surface area contributed by atoms with Gasteiger partial charge in [-0.15, -0.1) is 5.10 Å². The quantitative estimate of drug-likeness (QED) is 0.800. The van der Waals surface area contributed by atoms with Gasteiger partial charge >= 0.3 is 0 Å². The summed E-state index contributed by atoms with van der Waals surface area (Å²) in [6.07, 6.45) is 5.16. The molecule has 0 radical (unpaired) electrons. The van der Waals surface area contributed by atoms with Gasteiger partial charge in [0.2, 0.25) is 0 Å². The van der Waals surface area contributed by atoms with Gasteiger partial charge in [0.25, 0.3) is 0 Å². The van der Waals surface area contributed by atoms with Gasteiger partial charge in [-0.1, -0.05) is 13.8 Å². The molecule has 152 valence electrons. The van der Waals surface area contributed by atoms with Crippen LogP contribution in [0.1, 0.15) is 44.5 Å². The van der Waals surface area contributed by atoms with Gasteiger partial charge in [0.1, 0.15) is 5.60 Å². The van der Waals surface area contributed by atoms with Gasteiger partial charge < -0.3 is 9.64 Å². The minimum atomic E-state index is -0.950. The molecule has 5 heterocycles. The molecule has 7 nitrogen and oxygen atoms in total. The summed E-state index contributed by atoms with van der Waals surface area (Å²) in [7, 11) is -0.950. The van der Waals surface area contributed by atoms with Gasteiger partial charge in [-0.2, -0.15) is 0 Å². The van der Waals surface area contributed by atoms with Gasteiger partial charge in [-0.05, 0) is 43.7 Å². The van der Waals surface area contributed by atoms with Crippen LogP contribution in [-0.4, -0.2) is 50.8 Å². The summed E-state index contributed by atoms with van der Waals surface area (Å²) in [4.78, 5) is 7.30. The van der Waals surface area contributed by atoms with Crippen molar-refractivity contribution in [2.45, 2.75) is 45.6 Å². The van der Waals surface area contributed by atoms with Crippen molar-refractivity contribution in [3.8, 4) is 0 Å². The lowest BCUT2D eigenvalue weighted by atomic mass is 9.62. The van der Waals surface area contributed by atoms with E-state index in [0.29, 0.717) is 12.4 Å². The van der Waals surface area contributed by atoms with Gasteiger partial charge in [0.15, 0.2) is 11.5 Å². The van der Waals surface area contributed by atoms with Crippen molar-refractivity contribution >= 4 is 22.3 Å². The molecule has 6 rings (SSSR count). The number of hydrogen-bond donors (Lipinski definition) is 1. The first-order valence-corrected chi connectivity index (χ1v) is 11.6. The highest BCUT2D eigenvalue weighted by Gasteiger charge is 2.65. The van der Waals surface area contributed by atoms with E-state index in [4.69, 9.17) is 14.8 Å². The van der Waals surface area contributed by atoms with Crippen LogP contribution in [0.25, 0.3) is 5.65 Å². The zero-order valence-electron chi connectivity index (χ0n) is 16.9. The van der Waals surface area contributed by atoms with Crippen LogP contribution in [0.2, 0.25) is 0 Å². The number of ether oxygens (including phenoxy) is 1. The predicted octanol–water partition coefficient (Wildman–Crippen LogP) is 2.16. The second-order valence-corrected chi connectivity index (χ2v) is 10.6. The Morgan fingerprint density at radius 2 is 2.25 bits per heavy atom. The molecule has 1 N–H and O–H groups in total. The fourth-order valence-corrected chi connectivity index (χ4v) is 5.73. The van der Waals surface area contributed by atoms with Crippen LogP contribution in [0.15, 0.2) is 12.3 Å². The third kappa shape index (κ3) is 2.88. The Bertz CT molecular complexity index is 936. The Hall–Kier alpha value is -1.51. The maximum Gasteiger partial charge on any atom is 0.183 e. The molecular weight excluding hydrogens is 374 g/mol. The van der Waals surface area contributed by atoms with E-state index in [2.05, 4.69) is 35.7 Å². The monoisotopic (exact) mass is 403 g/mol. The molecule has 2 aromatic rings. The number of anilines is 1. The van der Waals surface area contributed by atoms with Crippen molar-refractivity contribution in [3.63, 3.8) is 0 Å². The minimum Gasteiger partial charge on any atom is -0.370 e. The molecule has 4 fully saturated rings. The summed E-state index contributed by atoms with van der Waals surface area (Å²) in [5, 5.41) is 4.83. The fraction of sp³-hybridized carbons (Fsp3) is 0.700. The number of fused-ring (bicyclic) bond motifs is 2. The smallest absolute Gasteiger partial charge is 0.183 e. The Morgan fingerprint density at radius 1 is 1.43 bits per heavy atom. The molecule has 1 saturated carbocycles. The van der Waals surface area contributed by atoms with E-state index in [9.17, 15) is 4.21 Å². The molecule has 2 aromatic heterocycles. The zero-order chi connectivity index (χ0) is 19.5. The van der Waals surface area contributed by atoms with E-state index in [0.717, 1.165) is 55.4 Å². The van der Waals surface area contributed by atoms with E-state index in [-0.39, 0.29) is 11.0 Å². The molecule has 3 aliphatic heterocycles. The van der Waals surface area contributed by atoms with E-state index >= 15 is 0 Å². The summed E-state index contributed by atoms with van der Waals surface area (Å²) in [6.45, 7) is 9.98. The maximum atomic E-state index is 11.7. The number of nitrogens with zero attached hydrogens (tertiary/aromatic N) is 4. The second kappa shape index (κ2) is 6.50. The molecule has 4 aliphatic rings. The van der Waals surface area contributed by atoms with Crippen LogP contribution in [-0.2, 0) is 21.3 Å². The first-order valence-electron chi connectivity index (χ1n) is 10.3. The zero-order valence-corrected chi connectivity index (χ0v) is 17.7. The molecule has 1 aliphatic carbocycles. The average Bonchev–Trinajstić information content (AvgIpc) is 3.40. The molecule has 28 heavy (non-hydrogen) atoms. The average molecular weight is 404 g/mol. The minimum absolute atomic E-state index is 0.0776. The highest BCUT2D eigenvalue weighted by atomic mass is 32.2. The number of pyridine rings is 1. The Labute approximate surface area is 168 Å². The van der Waals surface area contributed by atoms with Crippen molar-refractivity contribution in [2.75, 3.05) is 36.9 Å². The lowest BCUT2D eigenvalue weighted by Gasteiger charge is -2.42. The van der Waals surface area contributed by atoms with Crippen LogP contribution in [0.3, 0.4) is 0 Å². The van der Waals surface area contributed by atoms with Crippen LogP contribution >= 0.6 is 0 Å². The summed E-state index contributed by atoms with van der Waals surface area (Å²) < 4.78 is 23.0. The highest BCUT2D eigenvalue weighted by molar-refractivity contribution is 7.82. The summed E-state index contributed by atoms with van der Waals surface area (Å²) >= 11 is 0.